The van der Waals surface area contributed by atoms with E-state index in [4.69, 9.17) is 4.74 Å². The number of sulfonamides is 1. The number of rotatable bonds is 12. The van der Waals surface area contributed by atoms with Crippen molar-refractivity contribution >= 4 is 43.5 Å². The number of carbonyl (C=O) groups is 2. The van der Waals surface area contributed by atoms with E-state index >= 15 is 0 Å². The molecule has 0 aromatic heterocycles. The average Bonchev–Trinajstić information content (AvgIpc) is 2.80. The summed E-state index contributed by atoms with van der Waals surface area (Å²) in [5.41, 5.74) is 1.39. The highest BCUT2D eigenvalue weighted by molar-refractivity contribution is 9.10. The van der Waals surface area contributed by atoms with Crippen LogP contribution >= 0.6 is 15.9 Å². The number of nitrogens with one attached hydrogen (secondary N) is 1. The van der Waals surface area contributed by atoms with Gasteiger partial charge in [0.15, 0.2) is 0 Å². The lowest BCUT2D eigenvalue weighted by Gasteiger charge is -2.29. The molecule has 0 aliphatic heterocycles. The molecule has 0 spiro atoms. The van der Waals surface area contributed by atoms with Crippen molar-refractivity contribution < 1.29 is 22.7 Å². The summed E-state index contributed by atoms with van der Waals surface area (Å²) in [4.78, 5) is 26.9. The molecule has 0 saturated heterocycles. The van der Waals surface area contributed by atoms with E-state index in [0.717, 1.165) is 16.3 Å². The topological polar surface area (TPSA) is 96.0 Å². The molecule has 34 heavy (non-hydrogen) atoms. The van der Waals surface area contributed by atoms with Crippen molar-refractivity contribution in [1.29, 1.82) is 0 Å². The molecular formula is C24H32BrN3O5S. The molecule has 0 radical (unpaired) electrons. The molecular weight excluding hydrogens is 522 g/mol. The van der Waals surface area contributed by atoms with Gasteiger partial charge in [-0.25, -0.2) is 8.42 Å². The Hall–Kier alpha value is -2.59. The number of benzene rings is 2. The fraction of sp³-hybridized carbons (Fsp3) is 0.417. The van der Waals surface area contributed by atoms with Crippen LogP contribution in [0.3, 0.4) is 0 Å². The lowest BCUT2D eigenvalue weighted by Crippen LogP contribution is -2.46. The number of carbonyl (C=O) groups excluding carboxylic acids is 2. The van der Waals surface area contributed by atoms with Crippen LogP contribution in [0.4, 0.5) is 5.69 Å². The molecule has 10 heteroatoms. The number of ether oxygens (including phenoxy) is 1. The monoisotopic (exact) mass is 553 g/mol. The van der Waals surface area contributed by atoms with E-state index in [0.29, 0.717) is 24.5 Å². The Morgan fingerprint density at radius 1 is 1.09 bits per heavy atom. The zero-order valence-electron chi connectivity index (χ0n) is 20.0. The van der Waals surface area contributed by atoms with Crippen LogP contribution in [0.1, 0.15) is 32.3 Å². The summed E-state index contributed by atoms with van der Waals surface area (Å²) in [7, 11) is -2.02. The number of halogens is 1. The van der Waals surface area contributed by atoms with E-state index in [-0.39, 0.29) is 31.3 Å². The maximum absolute atomic E-state index is 13.1. The molecule has 0 aliphatic carbocycles. The summed E-state index contributed by atoms with van der Waals surface area (Å²) in [6.07, 6.45) is 1.54. The molecule has 0 unspecified atom stereocenters. The first-order valence-corrected chi connectivity index (χ1v) is 13.7. The maximum Gasteiger partial charge on any atom is 0.242 e. The predicted octanol–water partition coefficient (Wildman–Crippen LogP) is 3.56. The first-order valence-electron chi connectivity index (χ1n) is 11.0. The highest BCUT2D eigenvalue weighted by atomic mass is 79.9. The van der Waals surface area contributed by atoms with Gasteiger partial charge in [0.1, 0.15) is 11.8 Å². The van der Waals surface area contributed by atoms with E-state index in [1.54, 1.807) is 31.2 Å². The van der Waals surface area contributed by atoms with Gasteiger partial charge in [-0.05, 0) is 62.2 Å². The summed E-state index contributed by atoms with van der Waals surface area (Å²) in [5.74, 6) is 0.165. The third kappa shape index (κ3) is 8.02. The van der Waals surface area contributed by atoms with Crippen molar-refractivity contribution in [2.75, 3.05) is 30.8 Å². The van der Waals surface area contributed by atoms with Crippen LogP contribution in [-0.4, -0.2) is 57.6 Å². The van der Waals surface area contributed by atoms with Crippen LogP contribution in [0.15, 0.2) is 53.0 Å². The van der Waals surface area contributed by atoms with Crippen molar-refractivity contribution in [2.24, 2.45) is 0 Å². The predicted molar refractivity (Wildman–Crippen MR) is 137 cm³/mol. The Labute approximate surface area is 210 Å². The summed E-state index contributed by atoms with van der Waals surface area (Å²) < 4.78 is 32.4. The SMILES string of the molecule is CCOc1ccc(N(CCCC(=O)N(Cc2ccc(Br)cc2)[C@@H](C)C(=O)NC)S(C)(=O)=O)cc1. The van der Waals surface area contributed by atoms with E-state index in [9.17, 15) is 18.0 Å². The quantitative estimate of drug-likeness (QED) is 0.433. The zero-order chi connectivity index (χ0) is 25.3. The van der Waals surface area contributed by atoms with E-state index in [2.05, 4.69) is 21.2 Å². The first kappa shape index (κ1) is 27.7. The molecule has 2 amide bonds. The van der Waals surface area contributed by atoms with E-state index in [1.807, 2.05) is 31.2 Å². The molecule has 0 fully saturated rings. The maximum atomic E-state index is 13.1. The van der Waals surface area contributed by atoms with Gasteiger partial charge in [-0.15, -0.1) is 0 Å². The van der Waals surface area contributed by atoms with Crippen LogP contribution in [0, 0.1) is 0 Å². The van der Waals surface area contributed by atoms with Gasteiger partial charge in [-0.2, -0.15) is 0 Å². The molecule has 1 N–H and O–H groups in total. The molecule has 2 aromatic rings. The number of amides is 2. The van der Waals surface area contributed by atoms with Crippen molar-refractivity contribution in [2.45, 2.75) is 39.3 Å². The van der Waals surface area contributed by atoms with Gasteiger partial charge in [0, 0.05) is 31.0 Å². The highest BCUT2D eigenvalue weighted by Crippen LogP contribution is 2.23. The van der Waals surface area contributed by atoms with Crippen molar-refractivity contribution in [1.82, 2.24) is 10.2 Å². The minimum Gasteiger partial charge on any atom is -0.494 e. The molecule has 8 nitrogen and oxygen atoms in total. The summed E-state index contributed by atoms with van der Waals surface area (Å²) in [6.45, 7) is 4.48. The summed E-state index contributed by atoms with van der Waals surface area (Å²) >= 11 is 3.39. The van der Waals surface area contributed by atoms with Gasteiger partial charge < -0.3 is 15.0 Å². The molecule has 0 saturated carbocycles. The van der Waals surface area contributed by atoms with Crippen LogP contribution in [0.2, 0.25) is 0 Å². The van der Waals surface area contributed by atoms with E-state index < -0.39 is 16.1 Å². The van der Waals surface area contributed by atoms with Crippen LogP contribution in [-0.2, 0) is 26.2 Å². The number of anilines is 1. The van der Waals surface area contributed by atoms with Gasteiger partial charge in [0.05, 0.1) is 18.6 Å². The Bertz CT molecular complexity index is 1060. The number of likely N-dealkylation sites (N-methyl/N-ethyl adjacent to an activating group) is 1. The minimum absolute atomic E-state index is 0.0981. The standard InChI is InChI=1S/C24H32BrN3O5S/c1-5-33-22-14-12-21(13-15-22)28(34(4,31)32)16-6-7-23(29)27(18(2)24(30)26-3)17-19-8-10-20(25)11-9-19/h8-15,18H,5-7,16-17H2,1-4H3,(H,26,30)/t18-/m0/s1. The number of hydrogen-bond donors (Lipinski definition) is 1. The molecule has 0 heterocycles. The Kier molecular flexibility index (Phi) is 10.4. The van der Waals surface area contributed by atoms with Crippen LogP contribution in [0.5, 0.6) is 5.75 Å². The zero-order valence-corrected chi connectivity index (χ0v) is 22.4. The van der Waals surface area contributed by atoms with E-state index in [1.165, 1.54) is 16.3 Å². The molecule has 2 aromatic carbocycles. The summed E-state index contributed by atoms with van der Waals surface area (Å²) in [6, 6.07) is 13.7. The Morgan fingerprint density at radius 3 is 2.24 bits per heavy atom. The minimum atomic E-state index is -3.55. The smallest absolute Gasteiger partial charge is 0.242 e. The molecule has 186 valence electrons. The molecule has 2 rings (SSSR count). The largest absolute Gasteiger partial charge is 0.494 e. The first-order chi connectivity index (χ1) is 16.1. The second kappa shape index (κ2) is 12.8. The van der Waals surface area contributed by atoms with Gasteiger partial charge in [0.25, 0.3) is 0 Å². The third-order valence-electron chi connectivity index (χ3n) is 5.27. The van der Waals surface area contributed by atoms with Crippen molar-refractivity contribution in [3.05, 3.63) is 58.6 Å². The Morgan fingerprint density at radius 2 is 1.71 bits per heavy atom. The van der Waals surface area contributed by atoms with Gasteiger partial charge in [0.2, 0.25) is 21.8 Å². The number of hydrogen-bond acceptors (Lipinski definition) is 5. The van der Waals surface area contributed by atoms with Crippen molar-refractivity contribution in [3.63, 3.8) is 0 Å². The Balaban J connectivity index is 2.12. The number of nitrogens with zero attached hydrogens (tertiary/aromatic N) is 2. The normalized spacial score (nSPS) is 12.0. The van der Waals surface area contributed by atoms with Gasteiger partial charge in [-0.3, -0.25) is 13.9 Å². The second-order valence-electron chi connectivity index (χ2n) is 7.80. The second-order valence-corrected chi connectivity index (χ2v) is 10.6. The van der Waals surface area contributed by atoms with Crippen LogP contribution in [0.25, 0.3) is 0 Å². The summed E-state index contributed by atoms with van der Waals surface area (Å²) in [5, 5.41) is 2.59. The third-order valence-corrected chi connectivity index (χ3v) is 6.99. The van der Waals surface area contributed by atoms with Gasteiger partial charge >= 0.3 is 0 Å². The molecule has 1 atom stereocenters. The fourth-order valence-electron chi connectivity index (χ4n) is 3.46. The highest BCUT2D eigenvalue weighted by Gasteiger charge is 2.26. The van der Waals surface area contributed by atoms with Gasteiger partial charge in [-0.1, -0.05) is 28.1 Å². The molecule has 0 aliphatic rings. The molecule has 0 bridgehead atoms. The van der Waals surface area contributed by atoms with Crippen LogP contribution < -0.4 is 14.4 Å². The average molecular weight is 555 g/mol. The lowest BCUT2D eigenvalue weighted by molar-refractivity contribution is -0.140. The van der Waals surface area contributed by atoms with Crippen molar-refractivity contribution in [3.8, 4) is 5.75 Å². The lowest BCUT2D eigenvalue weighted by atomic mass is 10.1. The fourth-order valence-corrected chi connectivity index (χ4v) is 4.69.